The molecule has 1 atom stereocenters. The third-order valence-corrected chi connectivity index (χ3v) is 6.81. The average molecular weight is 489 g/mol. The zero-order chi connectivity index (χ0) is 22.5. The van der Waals surface area contributed by atoms with E-state index in [0.29, 0.717) is 27.3 Å². The number of likely N-dealkylation sites (tertiary alicyclic amines) is 1. The second kappa shape index (κ2) is 10.3. The molecule has 166 valence electrons. The van der Waals surface area contributed by atoms with E-state index in [0.717, 1.165) is 31.5 Å². The van der Waals surface area contributed by atoms with Gasteiger partial charge in [-0.2, -0.15) is 0 Å². The van der Waals surface area contributed by atoms with E-state index in [1.54, 1.807) is 23.6 Å². The maximum atomic E-state index is 13.1. The van der Waals surface area contributed by atoms with Crippen molar-refractivity contribution in [3.63, 3.8) is 0 Å². The molecule has 6 nitrogen and oxygen atoms in total. The van der Waals surface area contributed by atoms with E-state index in [2.05, 4.69) is 15.6 Å². The summed E-state index contributed by atoms with van der Waals surface area (Å²) in [4.78, 5) is 32.2. The Kier molecular flexibility index (Phi) is 7.29. The third kappa shape index (κ3) is 5.41. The highest BCUT2D eigenvalue weighted by molar-refractivity contribution is 7.14. The number of benzene rings is 2. The second-order valence-corrected chi connectivity index (χ2v) is 9.16. The van der Waals surface area contributed by atoms with Crippen molar-refractivity contribution in [1.82, 2.24) is 15.2 Å². The first-order valence-corrected chi connectivity index (χ1v) is 11.9. The van der Waals surface area contributed by atoms with Crippen LogP contribution in [0.4, 0.5) is 10.8 Å². The van der Waals surface area contributed by atoms with Crippen molar-refractivity contribution in [2.75, 3.05) is 18.4 Å². The van der Waals surface area contributed by atoms with Crippen molar-refractivity contribution in [2.24, 2.45) is 0 Å². The quantitative estimate of drug-likeness (QED) is 0.481. The van der Waals surface area contributed by atoms with E-state index < -0.39 is 6.04 Å². The van der Waals surface area contributed by atoms with Crippen LogP contribution in [0.2, 0.25) is 10.0 Å². The molecule has 0 saturated carbocycles. The van der Waals surface area contributed by atoms with Gasteiger partial charge in [0.2, 0.25) is 5.91 Å². The number of carbonyl (C=O) groups is 2. The molecule has 2 amide bonds. The molecular formula is C23H22Cl2N4O2S. The molecule has 0 radical (unpaired) electrons. The number of halogens is 2. The third-order valence-electron chi connectivity index (χ3n) is 5.23. The Morgan fingerprint density at radius 1 is 1.06 bits per heavy atom. The molecule has 2 aromatic carbocycles. The van der Waals surface area contributed by atoms with Crippen molar-refractivity contribution < 1.29 is 9.59 Å². The van der Waals surface area contributed by atoms with Crippen LogP contribution in [0.3, 0.4) is 0 Å². The summed E-state index contributed by atoms with van der Waals surface area (Å²) in [6.07, 6.45) is 2.41. The molecule has 2 heterocycles. The first-order chi connectivity index (χ1) is 15.5. The van der Waals surface area contributed by atoms with Gasteiger partial charge in [-0.15, -0.1) is 11.3 Å². The van der Waals surface area contributed by atoms with E-state index in [-0.39, 0.29) is 17.5 Å². The highest BCUT2D eigenvalue weighted by atomic mass is 35.5. The number of thiazole rings is 1. The van der Waals surface area contributed by atoms with Crippen molar-refractivity contribution >= 4 is 57.2 Å². The number of hydrogen-bond donors (Lipinski definition) is 2. The summed E-state index contributed by atoms with van der Waals surface area (Å²) in [5, 5.41) is 8.94. The summed E-state index contributed by atoms with van der Waals surface area (Å²) in [7, 11) is 0. The van der Waals surface area contributed by atoms with Crippen molar-refractivity contribution in [3.8, 4) is 0 Å². The van der Waals surface area contributed by atoms with Crippen LogP contribution < -0.4 is 10.6 Å². The van der Waals surface area contributed by atoms with Crippen LogP contribution in [0.25, 0.3) is 0 Å². The molecule has 0 spiro atoms. The van der Waals surface area contributed by atoms with Gasteiger partial charge in [0.05, 0.1) is 15.7 Å². The zero-order valence-corrected chi connectivity index (χ0v) is 19.5. The Bertz CT molecular complexity index is 1100. The van der Waals surface area contributed by atoms with Gasteiger partial charge in [-0.05, 0) is 30.5 Å². The molecule has 3 aromatic rings. The molecular weight excluding hydrogens is 467 g/mol. The normalized spacial score (nSPS) is 14.2. The monoisotopic (exact) mass is 488 g/mol. The van der Waals surface area contributed by atoms with Crippen molar-refractivity contribution in [1.29, 1.82) is 0 Å². The SMILES string of the molecule is O=C(NC(Cc1ccccc1)C(=O)N1CCCC1)c1csc(Nc2cccc(Cl)c2Cl)n1. The minimum Gasteiger partial charge on any atom is -0.341 e. The molecule has 1 aliphatic heterocycles. The lowest BCUT2D eigenvalue weighted by Gasteiger charge is -2.24. The molecule has 4 rings (SSSR count). The van der Waals surface area contributed by atoms with Gasteiger partial charge < -0.3 is 15.5 Å². The summed E-state index contributed by atoms with van der Waals surface area (Å²) in [6, 6.07) is 14.3. The fourth-order valence-electron chi connectivity index (χ4n) is 3.59. The van der Waals surface area contributed by atoms with Gasteiger partial charge >= 0.3 is 0 Å². The van der Waals surface area contributed by atoms with Gasteiger partial charge in [-0.1, -0.05) is 59.6 Å². The largest absolute Gasteiger partial charge is 0.341 e. The van der Waals surface area contributed by atoms with E-state index in [9.17, 15) is 9.59 Å². The lowest BCUT2D eigenvalue weighted by atomic mass is 10.0. The molecule has 0 bridgehead atoms. The van der Waals surface area contributed by atoms with E-state index in [4.69, 9.17) is 23.2 Å². The van der Waals surface area contributed by atoms with Crippen LogP contribution >= 0.6 is 34.5 Å². The Morgan fingerprint density at radius 3 is 2.56 bits per heavy atom. The first-order valence-electron chi connectivity index (χ1n) is 10.3. The van der Waals surface area contributed by atoms with Crippen molar-refractivity contribution in [2.45, 2.75) is 25.3 Å². The molecule has 1 aromatic heterocycles. The lowest BCUT2D eigenvalue weighted by molar-refractivity contribution is -0.132. The number of anilines is 2. The Morgan fingerprint density at radius 2 is 1.81 bits per heavy atom. The summed E-state index contributed by atoms with van der Waals surface area (Å²) in [6.45, 7) is 1.45. The minimum absolute atomic E-state index is 0.0565. The van der Waals surface area contributed by atoms with Gasteiger partial charge in [0, 0.05) is 24.9 Å². The Labute approximate surface area is 200 Å². The second-order valence-electron chi connectivity index (χ2n) is 7.51. The number of nitrogens with one attached hydrogen (secondary N) is 2. The predicted octanol–water partition coefficient (Wildman–Crippen LogP) is 5.16. The van der Waals surface area contributed by atoms with Gasteiger partial charge in [0.1, 0.15) is 11.7 Å². The molecule has 0 aliphatic carbocycles. The number of aromatic nitrogens is 1. The molecule has 2 N–H and O–H groups in total. The first kappa shape index (κ1) is 22.6. The standard InChI is InChI=1S/C23H22Cl2N4O2S/c24-16-9-6-10-17(20(16)25)27-23-28-19(14-32-23)21(30)26-18(13-15-7-2-1-3-8-15)22(31)29-11-4-5-12-29/h1-3,6-10,14,18H,4-5,11-13H2,(H,26,30)(H,27,28). The van der Waals surface area contributed by atoms with Gasteiger partial charge in [0.25, 0.3) is 5.91 Å². The highest BCUT2D eigenvalue weighted by Gasteiger charge is 2.29. The Hall–Kier alpha value is -2.61. The fraction of sp³-hybridized carbons (Fsp3) is 0.261. The zero-order valence-electron chi connectivity index (χ0n) is 17.2. The Balaban J connectivity index is 1.48. The van der Waals surface area contributed by atoms with Crippen LogP contribution in [0.1, 0.15) is 28.9 Å². The van der Waals surface area contributed by atoms with E-state index >= 15 is 0 Å². The topological polar surface area (TPSA) is 74.3 Å². The number of amides is 2. The number of hydrogen-bond acceptors (Lipinski definition) is 5. The molecule has 1 aliphatic rings. The summed E-state index contributed by atoms with van der Waals surface area (Å²) >= 11 is 13.5. The lowest BCUT2D eigenvalue weighted by Crippen LogP contribution is -2.49. The van der Waals surface area contributed by atoms with Crippen LogP contribution in [0.15, 0.2) is 53.9 Å². The molecule has 1 unspecified atom stereocenters. The molecule has 1 saturated heterocycles. The fourth-order valence-corrected chi connectivity index (χ4v) is 4.64. The minimum atomic E-state index is -0.650. The van der Waals surface area contributed by atoms with Crippen LogP contribution in [0, 0.1) is 0 Å². The maximum absolute atomic E-state index is 13.1. The van der Waals surface area contributed by atoms with E-state index in [1.165, 1.54) is 11.3 Å². The van der Waals surface area contributed by atoms with Crippen molar-refractivity contribution in [3.05, 3.63) is 75.2 Å². The number of rotatable bonds is 7. The summed E-state index contributed by atoms with van der Waals surface area (Å²) in [5.74, 6) is -0.445. The van der Waals surface area contributed by atoms with E-state index in [1.807, 2.05) is 35.2 Å². The maximum Gasteiger partial charge on any atom is 0.271 e. The summed E-state index contributed by atoms with van der Waals surface area (Å²) < 4.78 is 0. The van der Waals surface area contributed by atoms with Gasteiger partial charge in [-0.3, -0.25) is 9.59 Å². The number of carbonyl (C=O) groups excluding carboxylic acids is 2. The van der Waals surface area contributed by atoms with Gasteiger partial charge in [-0.25, -0.2) is 4.98 Å². The molecule has 9 heteroatoms. The highest BCUT2D eigenvalue weighted by Crippen LogP contribution is 2.32. The van der Waals surface area contributed by atoms with Gasteiger partial charge in [0.15, 0.2) is 5.13 Å². The number of nitrogens with zero attached hydrogens (tertiary/aromatic N) is 2. The smallest absolute Gasteiger partial charge is 0.271 e. The average Bonchev–Trinajstić information content (AvgIpc) is 3.49. The van der Waals surface area contributed by atoms with Crippen LogP contribution in [0.5, 0.6) is 0 Å². The summed E-state index contributed by atoms with van der Waals surface area (Å²) in [5.41, 5.74) is 1.83. The predicted molar refractivity (Wildman–Crippen MR) is 129 cm³/mol. The molecule has 1 fully saturated rings. The molecule has 32 heavy (non-hydrogen) atoms. The van der Waals surface area contributed by atoms with Crippen LogP contribution in [-0.2, 0) is 11.2 Å². The van der Waals surface area contributed by atoms with Crippen LogP contribution in [-0.4, -0.2) is 40.8 Å².